The summed E-state index contributed by atoms with van der Waals surface area (Å²) in [6, 6.07) is 14.8. The Morgan fingerprint density at radius 2 is 1.89 bits per heavy atom. The van der Waals surface area contributed by atoms with Gasteiger partial charge in [0.1, 0.15) is 36.0 Å². The summed E-state index contributed by atoms with van der Waals surface area (Å²) in [5.74, 6) is 1.20. The van der Waals surface area contributed by atoms with Gasteiger partial charge in [-0.25, -0.2) is 14.4 Å². The van der Waals surface area contributed by atoms with Crippen LogP contribution in [0.5, 0.6) is 5.75 Å². The van der Waals surface area contributed by atoms with Crippen LogP contribution in [0.4, 0.5) is 10.2 Å². The number of fused-ring (bicyclic) bond motifs is 1. The first-order valence-electron chi connectivity index (χ1n) is 13.2. The van der Waals surface area contributed by atoms with Crippen molar-refractivity contribution in [2.75, 3.05) is 44.7 Å². The molecule has 0 unspecified atom stereocenters. The van der Waals surface area contributed by atoms with Gasteiger partial charge in [-0.05, 0) is 74.7 Å². The van der Waals surface area contributed by atoms with Gasteiger partial charge in [-0.2, -0.15) is 0 Å². The van der Waals surface area contributed by atoms with E-state index in [4.69, 9.17) is 9.47 Å². The zero-order valence-corrected chi connectivity index (χ0v) is 20.9. The number of hydrogen-bond donors (Lipinski definition) is 2. The van der Waals surface area contributed by atoms with Crippen LogP contribution < -0.4 is 10.1 Å². The van der Waals surface area contributed by atoms with E-state index in [9.17, 15) is 0 Å². The molecule has 0 aliphatic carbocycles. The van der Waals surface area contributed by atoms with Crippen molar-refractivity contribution in [3.63, 3.8) is 0 Å². The van der Waals surface area contributed by atoms with E-state index in [-0.39, 0.29) is 11.9 Å². The molecule has 2 fully saturated rings. The molecule has 1 atom stereocenters. The zero-order valence-electron chi connectivity index (χ0n) is 20.9. The molecule has 2 saturated heterocycles. The van der Waals surface area contributed by atoms with Crippen molar-refractivity contribution in [2.45, 2.75) is 31.8 Å². The minimum absolute atomic E-state index is 0.151. The van der Waals surface area contributed by atoms with Crippen LogP contribution in [0.2, 0.25) is 0 Å². The van der Waals surface area contributed by atoms with E-state index in [2.05, 4.69) is 25.2 Å². The summed E-state index contributed by atoms with van der Waals surface area (Å²) < 4.78 is 26.9. The topological polar surface area (TPSA) is 75.3 Å². The quantitative estimate of drug-likeness (QED) is 0.316. The third-order valence-corrected chi connectivity index (χ3v) is 7.27. The number of nitrogens with one attached hydrogen (secondary N) is 2. The molecule has 2 N–H and O–H groups in total. The molecule has 2 aromatic carbocycles. The van der Waals surface area contributed by atoms with Crippen LogP contribution >= 0.6 is 0 Å². The standard InChI is InChI=1S/C29H32FN5O2/c30-24-8-2-1-7-23(24)25-26-28(31-18-22-6-5-16-36-22)32-19-33-29(26)34-27(25)20-9-11-21(12-10-20)37-17-15-35-13-3-4-14-35/h1-2,7-12,19,22H,3-6,13-18H2,(H2,31,32,33,34)/t22-/m0/s1. The van der Waals surface area contributed by atoms with Gasteiger partial charge in [0.2, 0.25) is 0 Å². The zero-order chi connectivity index (χ0) is 25.0. The monoisotopic (exact) mass is 501 g/mol. The highest BCUT2D eigenvalue weighted by molar-refractivity contribution is 6.07. The molecule has 0 radical (unpaired) electrons. The molecule has 2 aliphatic rings. The predicted octanol–water partition coefficient (Wildman–Crippen LogP) is 5.50. The molecule has 4 heterocycles. The smallest absolute Gasteiger partial charge is 0.143 e. The molecule has 7 nitrogen and oxygen atoms in total. The molecular weight excluding hydrogens is 469 g/mol. The molecule has 192 valence electrons. The Morgan fingerprint density at radius 3 is 2.68 bits per heavy atom. The average molecular weight is 502 g/mol. The van der Waals surface area contributed by atoms with Gasteiger partial charge in [-0.1, -0.05) is 18.2 Å². The maximum atomic E-state index is 15.2. The number of H-pyrrole nitrogens is 1. The van der Waals surface area contributed by atoms with Crippen molar-refractivity contribution in [3.8, 4) is 28.1 Å². The van der Waals surface area contributed by atoms with Gasteiger partial charge < -0.3 is 19.8 Å². The predicted molar refractivity (Wildman–Crippen MR) is 143 cm³/mol. The minimum Gasteiger partial charge on any atom is -0.492 e. The number of aromatic amines is 1. The SMILES string of the molecule is Fc1ccccc1-c1c(-c2ccc(OCCN3CCCC3)cc2)[nH]c2ncnc(NC[C@@H]3CCCO3)c12. The second-order valence-corrected chi connectivity index (χ2v) is 9.74. The Morgan fingerprint density at radius 1 is 1.05 bits per heavy atom. The van der Waals surface area contributed by atoms with Crippen LogP contribution in [-0.2, 0) is 4.74 Å². The Balaban J connectivity index is 1.33. The van der Waals surface area contributed by atoms with Gasteiger partial charge in [-0.15, -0.1) is 0 Å². The molecule has 0 saturated carbocycles. The van der Waals surface area contributed by atoms with E-state index in [0.29, 0.717) is 30.2 Å². The van der Waals surface area contributed by atoms with Crippen LogP contribution in [0.1, 0.15) is 25.7 Å². The van der Waals surface area contributed by atoms with E-state index in [1.807, 2.05) is 30.3 Å². The van der Waals surface area contributed by atoms with Crippen LogP contribution in [0, 0.1) is 5.82 Å². The summed E-state index contributed by atoms with van der Waals surface area (Å²) in [5, 5.41) is 4.21. The number of halogens is 1. The van der Waals surface area contributed by atoms with Gasteiger partial charge in [-0.3, -0.25) is 4.90 Å². The van der Waals surface area contributed by atoms with E-state index >= 15 is 4.39 Å². The van der Waals surface area contributed by atoms with Crippen molar-refractivity contribution < 1.29 is 13.9 Å². The van der Waals surface area contributed by atoms with Gasteiger partial charge in [0.15, 0.2) is 0 Å². The van der Waals surface area contributed by atoms with E-state index in [1.54, 1.807) is 12.1 Å². The molecule has 0 amide bonds. The number of likely N-dealkylation sites (tertiary alicyclic amines) is 1. The summed E-state index contributed by atoms with van der Waals surface area (Å²) in [5.41, 5.74) is 3.62. The Hall–Kier alpha value is -3.49. The Kier molecular flexibility index (Phi) is 7.01. The summed E-state index contributed by atoms with van der Waals surface area (Å²) in [6.45, 7) is 5.37. The summed E-state index contributed by atoms with van der Waals surface area (Å²) >= 11 is 0. The molecule has 6 rings (SSSR count). The largest absolute Gasteiger partial charge is 0.492 e. The van der Waals surface area contributed by atoms with E-state index < -0.39 is 0 Å². The first kappa shape index (κ1) is 23.9. The summed E-state index contributed by atoms with van der Waals surface area (Å²) in [6.07, 6.45) is 6.32. The molecular formula is C29H32FN5O2. The van der Waals surface area contributed by atoms with E-state index in [1.165, 1.54) is 25.2 Å². The Labute approximate surface area is 216 Å². The van der Waals surface area contributed by atoms with Crippen LogP contribution in [0.25, 0.3) is 33.4 Å². The fraction of sp³-hybridized carbons (Fsp3) is 0.379. The van der Waals surface area contributed by atoms with Crippen molar-refractivity contribution in [1.82, 2.24) is 19.9 Å². The van der Waals surface area contributed by atoms with E-state index in [0.717, 1.165) is 67.0 Å². The van der Waals surface area contributed by atoms with Crippen LogP contribution in [0.3, 0.4) is 0 Å². The third kappa shape index (κ3) is 5.17. The van der Waals surface area contributed by atoms with Gasteiger partial charge in [0, 0.05) is 30.8 Å². The normalized spacial score (nSPS) is 18.0. The van der Waals surface area contributed by atoms with Crippen molar-refractivity contribution >= 4 is 16.9 Å². The van der Waals surface area contributed by atoms with Crippen molar-refractivity contribution in [2.24, 2.45) is 0 Å². The molecule has 8 heteroatoms. The highest BCUT2D eigenvalue weighted by Gasteiger charge is 2.23. The Bertz CT molecular complexity index is 1340. The highest BCUT2D eigenvalue weighted by atomic mass is 19.1. The lowest BCUT2D eigenvalue weighted by atomic mass is 9.98. The number of anilines is 1. The fourth-order valence-corrected chi connectivity index (χ4v) is 5.34. The molecule has 2 aliphatic heterocycles. The molecule has 2 aromatic heterocycles. The number of aromatic nitrogens is 3. The summed E-state index contributed by atoms with van der Waals surface area (Å²) in [7, 11) is 0. The lowest BCUT2D eigenvalue weighted by Gasteiger charge is -2.15. The maximum Gasteiger partial charge on any atom is 0.143 e. The van der Waals surface area contributed by atoms with Crippen molar-refractivity contribution in [1.29, 1.82) is 0 Å². The molecule has 0 spiro atoms. The fourth-order valence-electron chi connectivity index (χ4n) is 5.34. The number of benzene rings is 2. The van der Waals surface area contributed by atoms with Gasteiger partial charge in [0.05, 0.1) is 17.2 Å². The number of ether oxygens (including phenoxy) is 2. The van der Waals surface area contributed by atoms with Crippen LogP contribution in [-0.4, -0.2) is 65.3 Å². The second kappa shape index (κ2) is 10.9. The number of rotatable bonds is 9. The summed E-state index contributed by atoms with van der Waals surface area (Å²) in [4.78, 5) is 14.9. The first-order valence-corrected chi connectivity index (χ1v) is 13.2. The second-order valence-electron chi connectivity index (χ2n) is 9.74. The number of hydrogen-bond acceptors (Lipinski definition) is 6. The number of nitrogens with zero attached hydrogens (tertiary/aromatic N) is 3. The molecule has 0 bridgehead atoms. The van der Waals surface area contributed by atoms with Crippen molar-refractivity contribution in [3.05, 3.63) is 60.7 Å². The minimum atomic E-state index is -0.291. The average Bonchev–Trinajstić information content (AvgIpc) is 3.70. The molecule has 4 aromatic rings. The third-order valence-electron chi connectivity index (χ3n) is 7.27. The highest BCUT2D eigenvalue weighted by Crippen LogP contribution is 2.41. The lowest BCUT2D eigenvalue weighted by molar-refractivity contribution is 0.120. The maximum absolute atomic E-state index is 15.2. The molecule has 37 heavy (non-hydrogen) atoms. The van der Waals surface area contributed by atoms with Gasteiger partial charge in [0.25, 0.3) is 0 Å². The van der Waals surface area contributed by atoms with Gasteiger partial charge >= 0.3 is 0 Å². The lowest BCUT2D eigenvalue weighted by Crippen LogP contribution is -2.25. The first-order chi connectivity index (χ1) is 18.3. The van der Waals surface area contributed by atoms with Crippen LogP contribution in [0.15, 0.2) is 54.9 Å².